The van der Waals surface area contributed by atoms with Crippen LogP contribution in [-0.4, -0.2) is 26.6 Å². The summed E-state index contributed by atoms with van der Waals surface area (Å²) < 4.78 is 3.61. The van der Waals surface area contributed by atoms with Crippen LogP contribution in [0.15, 0.2) is 5.16 Å². The first-order valence-electron chi connectivity index (χ1n) is 2.47. The van der Waals surface area contributed by atoms with Crippen LogP contribution in [0, 0.1) is 0 Å². The number of carbonyl (C=O) groups excluding carboxylic acids is 1. The molecule has 1 aromatic heterocycles. The molecule has 0 aliphatic carbocycles. The van der Waals surface area contributed by atoms with E-state index in [0.29, 0.717) is 0 Å². The van der Waals surface area contributed by atoms with Crippen LogP contribution in [0.1, 0.15) is 5.82 Å². The minimum atomic E-state index is -0.349. The van der Waals surface area contributed by atoms with Gasteiger partial charge in [0.25, 0.3) is 6.29 Å². The first-order valence-corrected chi connectivity index (χ1v) is 3.25. The van der Waals surface area contributed by atoms with Crippen LogP contribution in [0.2, 0.25) is 0 Å². The highest BCUT2D eigenvalue weighted by atomic mass is 32.1. The lowest BCUT2D eigenvalue weighted by atomic mass is 10.4. The minimum Gasteiger partial charge on any atom is -0.410 e. The van der Waals surface area contributed by atoms with Gasteiger partial charge in [-0.15, -0.1) is 0 Å². The van der Waals surface area contributed by atoms with Gasteiger partial charge in [-0.3, -0.25) is 4.79 Å². The molecule has 0 aliphatic rings. The summed E-state index contributed by atoms with van der Waals surface area (Å²) in [4.78, 5) is 13.6. The highest BCUT2D eigenvalue weighted by molar-refractivity contribution is 7.09. The standard InChI is InChI=1S/C4H3N4O2S/c5-4-6-3(8-11-4)2(1-9)7-10/h10H,(H2,5,6,8). The number of hydrogen-bond acceptors (Lipinski definition) is 7. The van der Waals surface area contributed by atoms with Gasteiger partial charge in [0.1, 0.15) is 0 Å². The van der Waals surface area contributed by atoms with E-state index >= 15 is 0 Å². The van der Waals surface area contributed by atoms with E-state index in [9.17, 15) is 4.79 Å². The van der Waals surface area contributed by atoms with Crippen LogP contribution in [0.5, 0.6) is 0 Å². The smallest absolute Gasteiger partial charge is 0.261 e. The number of hydrogen-bond donors (Lipinski definition) is 2. The molecule has 0 saturated heterocycles. The molecule has 1 radical (unpaired) electrons. The number of aromatic nitrogens is 2. The number of rotatable bonds is 2. The van der Waals surface area contributed by atoms with Crippen LogP contribution < -0.4 is 5.73 Å². The fourth-order valence-electron chi connectivity index (χ4n) is 0.442. The lowest BCUT2D eigenvalue weighted by Crippen LogP contribution is -2.04. The van der Waals surface area contributed by atoms with Crippen molar-refractivity contribution in [2.75, 3.05) is 5.73 Å². The SMILES string of the molecule is Nc1nc(C([C]=O)=NO)ns1. The third kappa shape index (κ3) is 1.49. The maximum atomic E-state index is 10.0. The van der Waals surface area contributed by atoms with Gasteiger partial charge in [-0.1, -0.05) is 5.16 Å². The molecule has 0 bridgehead atoms. The van der Waals surface area contributed by atoms with Crippen molar-refractivity contribution in [2.24, 2.45) is 5.16 Å². The fourth-order valence-corrected chi connectivity index (χ4v) is 0.877. The van der Waals surface area contributed by atoms with E-state index in [0.717, 1.165) is 11.5 Å². The van der Waals surface area contributed by atoms with E-state index in [-0.39, 0.29) is 16.7 Å². The molecule has 1 rings (SSSR count). The van der Waals surface area contributed by atoms with Gasteiger partial charge in [0.2, 0.25) is 5.82 Å². The normalized spacial score (nSPS) is 11.5. The first kappa shape index (κ1) is 7.61. The molecule has 7 heteroatoms. The molecule has 1 heterocycles. The number of nitrogens with zero attached hydrogens (tertiary/aromatic N) is 3. The topological polar surface area (TPSA) is 101 Å². The van der Waals surface area contributed by atoms with Crippen molar-refractivity contribution in [1.82, 2.24) is 9.36 Å². The first-order chi connectivity index (χ1) is 5.27. The summed E-state index contributed by atoms with van der Waals surface area (Å²) in [5.74, 6) is -0.00926. The largest absolute Gasteiger partial charge is 0.410 e. The second-order valence-corrected chi connectivity index (χ2v) is 2.29. The number of nitrogens with two attached hydrogens (primary N) is 1. The molecule has 0 amide bonds. The van der Waals surface area contributed by atoms with Crippen molar-refractivity contribution in [2.45, 2.75) is 0 Å². The third-order valence-corrected chi connectivity index (χ3v) is 1.39. The Balaban J connectivity index is 3.00. The van der Waals surface area contributed by atoms with E-state index in [1.54, 1.807) is 0 Å². The Labute approximate surface area is 65.5 Å². The van der Waals surface area contributed by atoms with E-state index < -0.39 is 0 Å². The summed E-state index contributed by atoms with van der Waals surface area (Å²) in [5.41, 5.74) is 4.86. The van der Waals surface area contributed by atoms with Crippen LogP contribution in [0.25, 0.3) is 0 Å². The molecule has 0 aromatic carbocycles. The lowest BCUT2D eigenvalue weighted by molar-refractivity contribution is 0.320. The van der Waals surface area contributed by atoms with Crippen LogP contribution in [-0.2, 0) is 4.79 Å². The van der Waals surface area contributed by atoms with Crippen molar-refractivity contribution < 1.29 is 10.0 Å². The number of anilines is 1. The number of nitrogen functional groups attached to an aromatic ring is 1. The van der Waals surface area contributed by atoms with Gasteiger partial charge in [0.15, 0.2) is 10.8 Å². The molecule has 6 nitrogen and oxygen atoms in total. The zero-order valence-electron chi connectivity index (χ0n) is 5.18. The Hall–Kier alpha value is -1.50. The molecule has 0 fully saturated rings. The Morgan fingerprint density at radius 2 is 2.55 bits per heavy atom. The average molecular weight is 171 g/mol. The van der Waals surface area contributed by atoms with Gasteiger partial charge in [-0.05, 0) is 0 Å². The van der Waals surface area contributed by atoms with Gasteiger partial charge in [-0.25, -0.2) is 0 Å². The molecule has 57 valence electrons. The molecular formula is C4H3N4O2S. The van der Waals surface area contributed by atoms with Crippen molar-refractivity contribution in [3.63, 3.8) is 0 Å². The van der Waals surface area contributed by atoms with Gasteiger partial charge < -0.3 is 10.9 Å². The molecule has 0 aliphatic heterocycles. The Kier molecular flexibility index (Phi) is 2.12. The third-order valence-electron chi connectivity index (χ3n) is 0.850. The zero-order valence-corrected chi connectivity index (χ0v) is 6.00. The van der Waals surface area contributed by atoms with Crippen LogP contribution in [0.4, 0.5) is 5.13 Å². The lowest BCUT2D eigenvalue weighted by Gasteiger charge is -1.82. The quantitative estimate of drug-likeness (QED) is 0.351. The van der Waals surface area contributed by atoms with Gasteiger partial charge in [0, 0.05) is 11.5 Å². The summed E-state index contributed by atoms with van der Waals surface area (Å²) in [6.45, 7) is 0. The maximum Gasteiger partial charge on any atom is 0.261 e. The highest BCUT2D eigenvalue weighted by Crippen LogP contribution is 2.05. The molecule has 1 aromatic rings. The van der Waals surface area contributed by atoms with Crippen LogP contribution >= 0.6 is 11.5 Å². The molecule has 11 heavy (non-hydrogen) atoms. The minimum absolute atomic E-state index is 0.00926. The second kappa shape index (κ2) is 3.06. The van der Waals surface area contributed by atoms with Gasteiger partial charge >= 0.3 is 0 Å². The van der Waals surface area contributed by atoms with E-state index in [4.69, 9.17) is 10.9 Å². The Morgan fingerprint density at radius 3 is 2.91 bits per heavy atom. The molecule has 3 N–H and O–H groups in total. The van der Waals surface area contributed by atoms with Crippen molar-refractivity contribution in [1.29, 1.82) is 0 Å². The molecular weight excluding hydrogens is 168 g/mol. The summed E-state index contributed by atoms with van der Waals surface area (Å²) in [5, 5.41) is 11.0. The van der Waals surface area contributed by atoms with Crippen molar-refractivity contribution in [3.8, 4) is 0 Å². The van der Waals surface area contributed by atoms with Gasteiger partial charge in [0.05, 0.1) is 0 Å². The van der Waals surface area contributed by atoms with E-state index in [1.807, 2.05) is 0 Å². The zero-order chi connectivity index (χ0) is 8.27. The predicted octanol–water partition coefficient (Wildman–Crippen LogP) is -0.592. The molecule has 0 atom stereocenters. The highest BCUT2D eigenvalue weighted by Gasteiger charge is 2.09. The summed E-state index contributed by atoms with van der Waals surface area (Å²) >= 11 is 0.909. The predicted molar refractivity (Wildman–Crippen MR) is 38.3 cm³/mol. The number of oxime groups is 1. The monoisotopic (exact) mass is 171 g/mol. The molecule has 0 saturated carbocycles. The summed E-state index contributed by atoms with van der Waals surface area (Å²) in [6.07, 6.45) is 1.36. The Morgan fingerprint density at radius 1 is 1.82 bits per heavy atom. The van der Waals surface area contributed by atoms with Gasteiger partial charge in [-0.2, -0.15) is 9.36 Å². The molecule has 0 unspecified atom stereocenters. The fraction of sp³-hybridized carbons (Fsp3) is 0. The summed E-state index contributed by atoms with van der Waals surface area (Å²) in [7, 11) is 0. The van der Waals surface area contributed by atoms with Crippen molar-refractivity contribution >= 4 is 28.7 Å². The maximum absolute atomic E-state index is 10.0. The van der Waals surface area contributed by atoms with E-state index in [2.05, 4.69) is 14.5 Å². The average Bonchev–Trinajstić information content (AvgIpc) is 2.39. The Bertz CT molecular complexity index is 294. The second-order valence-electron chi connectivity index (χ2n) is 1.51. The summed E-state index contributed by atoms with van der Waals surface area (Å²) in [6, 6.07) is 0. The van der Waals surface area contributed by atoms with E-state index in [1.165, 1.54) is 6.29 Å². The van der Waals surface area contributed by atoms with Crippen molar-refractivity contribution in [3.05, 3.63) is 5.82 Å². The molecule has 0 spiro atoms. The van der Waals surface area contributed by atoms with Crippen LogP contribution in [0.3, 0.4) is 0 Å².